The maximum atomic E-state index is 3.63. The normalized spacial score (nSPS) is 19.6. The van der Waals surface area contributed by atoms with E-state index in [9.17, 15) is 0 Å². The summed E-state index contributed by atoms with van der Waals surface area (Å²) < 4.78 is 1.16. The average Bonchev–Trinajstić information content (AvgIpc) is 2.46. The van der Waals surface area contributed by atoms with Crippen LogP contribution in [0.15, 0.2) is 22.7 Å². The molecule has 1 aliphatic rings. The summed E-state index contributed by atoms with van der Waals surface area (Å²) in [5.41, 5.74) is 2.77. The average molecular weight is 354 g/mol. The van der Waals surface area contributed by atoms with Crippen molar-refractivity contribution in [1.82, 2.24) is 10.2 Å². The van der Waals surface area contributed by atoms with Crippen molar-refractivity contribution in [3.63, 3.8) is 0 Å². The number of anilines is 1. The summed E-state index contributed by atoms with van der Waals surface area (Å²) in [5, 5.41) is 3.54. The smallest absolute Gasteiger partial charge is 0.0423 e. The molecule has 1 aromatic rings. The summed E-state index contributed by atoms with van der Waals surface area (Å²) in [5.74, 6) is 0. The lowest BCUT2D eigenvalue weighted by Gasteiger charge is -2.38. The number of rotatable bonds is 5. The summed E-state index contributed by atoms with van der Waals surface area (Å²) in [7, 11) is 4.38. The van der Waals surface area contributed by atoms with E-state index in [4.69, 9.17) is 0 Å². The van der Waals surface area contributed by atoms with Crippen LogP contribution >= 0.6 is 15.9 Å². The van der Waals surface area contributed by atoms with Crippen LogP contribution in [0.25, 0.3) is 0 Å². The van der Waals surface area contributed by atoms with Gasteiger partial charge in [-0.25, -0.2) is 0 Å². The molecule has 118 valence electrons. The van der Waals surface area contributed by atoms with Gasteiger partial charge in [-0.1, -0.05) is 35.8 Å². The van der Waals surface area contributed by atoms with Gasteiger partial charge < -0.3 is 15.1 Å². The number of nitrogens with zero attached hydrogens (tertiary/aromatic N) is 2. The minimum absolute atomic E-state index is 0.511. The number of hydrogen-bond acceptors (Lipinski definition) is 3. The molecule has 1 unspecified atom stereocenters. The van der Waals surface area contributed by atoms with Crippen LogP contribution in [0.3, 0.4) is 0 Å². The van der Waals surface area contributed by atoms with Crippen LogP contribution in [0.4, 0.5) is 5.69 Å². The summed E-state index contributed by atoms with van der Waals surface area (Å²) in [6.07, 6.45) is 2.57. The monoisotopic (exact) mass is 353 g/mol. The van der Waals surface area contributed by atoms with E-state index >= 15 is 0 Å². The van der Waals surface area contributed by atoms with E-state index in [1.807, 2.05) is 0 Å². The number of nitrogens with one attached hydrogen (secondary N) is 1. The van der Waals surface area contributed by atoms with Crippen molar-refractivity contribution in [2.75, 3.05) is 32.1 Å². The molecule has 1 aromatic carbocycles. The van der Waals surface area contributed by atoms with Crippen molar-refractivity contribution in [3.8, 4) is 0 Å². The third kappa shape index (κ3) is 4.70. The van der Waals surface area contributed by atoms with Crippen molar-refractivity contribution < 1.29 is 0 Å². The summed E-state index contributed by atoms with van der Waals surface area (Å²) >= 11 is 3.63. The second-order valence-electron chi connectivity index (χ2n) is 6.51. The van der Waals surface area contributed by atoms with Crippen molar-refractivity contribution in [2.45, 2.75) is 45.3 Å². The zero-order valence-electron chi connectivity index (χ0n) is 13.7. The number of hydrogen-bond donors (Lipinski definition) is 1. The van der Waals surface area contributed by atoms with Crippen molar-refractivity contribution in [2.24, 2.45) is 0 Å². The Bertz CT molecular complexity index is 459. The Morgan fingerprint density at radius 3 is 2.81 bits per heavy atom. The molecular weight excluding hydrogens is 326 g/mol. The fourth-order valence-electron chi connectivity index (χ4n) is 2.89. The highest BCUT2D eigenvalue weighted by Crippen LogP contribution is 2.28. The SMILES string of the molecule is CC(C)NCc1ccc(Br)cc1N1CCCC(N(C)C)C1. The first-order valence-electron chi connectivity index (χ1n) is 7.90. The van der Waals surface area contributed by atoms with E-state index in [2.05, 4.69) is 77.2 Å². The second-order valence-corrected chi connectivity index (χ2v) is 7.43. The third-order valence-electron chi connectivity index (χ3n) is 4.22. The first-order valence-corrected chi connectivity index (χ1v) is 8.70. The molecule has 3 nitrogen and oxygen atoms in total. The lowest BCUT2D eigenvalue weighted by molar-refractivity contribution is 0.258. The lowest BCUT2D eigenvalue weighted by atomic mass is 10.0. The molecule has 1 heterocycles. The van der Waals surface area contributed by atoms with Crippen LogP contribution in [0.5, 0.6) is 0 Å². The molecule has 0 bridgehead atoms. The molecule has 0 radical (unpaired) electrons. The van der Waals surface area contributed by atoms with Gasteiger partial charge in [-0.3, -0.25) is 0 Å². The number of halogens is 1. The van der Waals surface area contributed by atoms with E-state index in [0.29, 0.717) is 12.1 Å². The van der Waals surface area contributed by atoms with Gasteiger partial charge in [-0.2, -0.15) is 0 Å². The van der Waals surface area contributed by atoms with Gasteiger partial charge in [-0.15, -0.1) is 0 Å². The van der Waals surface area contributed by atoms with Gasteiger partial charge in [0.15, 0.2) is 0 Å². The van der Waals surface area contributed by atoms with Gasteiger partial charge in [0.25, 0.3) is 0 Å². The standard InChI is InChI=1S/C17H28BrN3/c1-13(2)19-11-14-7-8-15(18)10-17(14)21-9-5-6-16(12-21)20(3)4/h7-8,10,13,16,19H,5-6,9,11-12H2,1-4H3. The Hall–Kier alpha value is -0.580. The highest BCUT2D eigenvalue weighted by atomic mass is 79.9. The molecule has 2 rings (SSSR count). The lowest BCUT2D eigenvalue weighted by Crippen LogP contribution is -2.45. The van der Waals surface area contributed by atoms with E-state index in [1.165, 1.54) is 24.1 Å². The minimum Gasteiger partial charge on any atom is -0.370 e. The quantitative estimate of drug-likeness (QED) is 0.874. The highest BCUT2D eigenvalue weighted by Gasteiger charge is 2.23. The van der Waals surface area contributed by atoms with Crippen LogP contribution in [0, 0.1) is 0 Å². The van der Waals surface area contributed by atoms with Crippen LogP contribution in [0.1, 0.15) is 32.3 Å². The van der Waals surface area contributed by atoms with Gasteiger partial charge in [0.1, 0.15) is 0 Å². The highest BCUT2D eigenvalue weighted by molar-refractivity contribution is 9.10. The Labute approximate surface area is 137 Å². The Balaban J connectivity index is 2.18. The van der Waals surface area contributed by atoms with E-state index < -0.39 is 0 Å². The summed E-state index contributed by atoms with van der Waals surface area (Å²) in [6, 6.07) is 7.83. The fourth-order valence-corrected chi connectivity index (χ4v) is 3.24. The Kier molecular flexibility index (Phi) is 6.08. The first-order chi connectivity index (χ1) is 9.97. The molecule has 0 amide bonds. The van der Waals surface area contributed by atoms with Crippen molar-refractivity contribution >= 4 is 21.6 Å². The predicted molar refractivity (Wildman–Crippen MR) is 95.0 cm³/mol. The van der Waals surface area contributed by atoms with Gasteiger partial charge in [0.05, 0.1) is 0 Å². The molecule has 1 saturated heterocycles. The van der Waals surface area contributed by atoms with E-state index in [1.54, 1.807) is 0 Å². The van der Waals surface area contributed by atoms with Crippen LogP contribution in [-0.2, 0) is 6.54 Å². The molecular formula is C17H28BrN3. The van der Waals surface area contributed by atoms with Crippen molar-refractivity contribution in [1.29, 1.82) is 0 Å². The molecule has 1 atom stereocenters. The number of piperidine rings is 1. The third-order valence-corrected chi connectivity index (χ3v) is 4.71. The zero-order chi connectivity index (χ0) is 15.4. The summed E-state index contributed by atoms with van der Waals surface area (Å²) in [4.78, 5) is 4.91. The van der Waals surface area contributed by atoms with Crippen LogP contribution < -0.4 is 10.2 Å². The minimum atomic E-state index is 0.511. The van der Waals surface area contributed by atoms with Crippen LogP contribution in [-0.4, -0.2) is 44.2 Å². The maximum Gasteiger partial charge on any atom is 0.0423 e. The summed E-state index contributed by atoms with van der Waals surface area (Å²) in [6.45, 7) is 7.61. The Morgan fingerprint density at radius 2 is 2.14 bits per heavy atom. The number of benzene rings is 1. The van der Waals surface area contributed by atoms with E-state index in [0.717, 1.165) is 24.1 Å². The molecule has 0 spiro atoms. The largest absolute Gasteiger partial charge is 0.370 e. The molecule has 1 N–H and O–H groups in total. The van der Waals surface area contributed by atoms with Crippen molar-refractivity contribution in [3.05, 3.63) is 28.2 Å². The van der Waals surface area contributed by atoms with Gasteiger partial charge in [-0.05, 0) is 44.6 Å². The molecule has 0 aliphatic carbocycles. The topological polar surface area (TPSA) is 18.5 Å². The molecule has 1 fully saturated rings. The molecule has 21 heavy (non-hydrogen) atoms. The molecule has 1 aliphatic heterocycles. The molecule has 0 saturated carbocycles. The molecule has 4 heteroatoms. The van der Waals surface area contributed by atoms with Gasteiger partial charge in [0, 0.05) is 41.9 Å². The second kappa shape index (κ2) is 7.61. The van der Waals surface area contributed by atoms with Crippen LogP contribution in [0.2, 0.25) is 0 Å². The zero-order valence-corrected chi connectivity index (χ0v) is 15.3. The molecule has 0 aromatic heterocycles. The number of likely N-dealkylation sites (N-methyl/N-ethyl adjacent to an activating group) is 1. The maximum absolute atomic E-state index is 3.63. The van der Waals surface area contributed by atoms with E-state index in [-0.39, 0.29) is 0 Å². The van der Waals surface area contributed by atoms with Gasteiger partial charge >= 0.3 is 0 Å². The fraction of sp³-hybridized carbons (Fsp3) is 0.647. The van der Waals surface area contributed by atoms with Gasteiger partial charge in [0.2, 0.25) is 0 Å². The Morgan fingerprint density at radius 1 is 1.38 bits per heavy atom. The first kappa shape index (κ1) is 16.8. The predicted octanol–water partition coefficient (Wildman–Crippen LogP) is 3.48.